The molecule has 0 aromatic carbocycles. The molecule has 0 aliphatic carbocycles. The van der Waals surface area contributed by atoms with E-state index in [2.05, 4.69) is 25.0 Å². The Morgan fingerprint density at radius 1 is 1.00 bits per heavy atom. The average Bonchev–Trinajstić information content (AvgIpc) is 2.87. The van der Waals surface area contributed by atoms with E-state index in [0.29, 0.717) is 11.9 Å². The van der Waals surface area contributed by atoms with Crippen LogP contribution in [0.25, 0.3) is 0 Å². The summed E-state index contributed by atoms with van der Waals surface area (Å²) in [5, 5.41) is 7.91. The Balaban J connectivity index is 1.65. The third kappa shape index (κ3) is 2.13. The zero-order valence-electron chi connectivity index (χ0n) is 10.3. The van der Waals surface area contributed by atoms with Crippen molar-refractivity contribution < 1.29 is 4.42 Å². The maximum absolute atomic E-state index is 5.44. The molecule has 1 aliphatic rings. The summed E-state index contributed by atoms with van der Waals surface area (Å²) >= 11 is 0. The smallest absolute Gasteiger partial charge is 0.318 e. The van der Waals surface area contributed by atoms with E-state index in [-0.39, 0.29) is 0 Å². The Labute approximate surface area is 105 Å². The maximum Gasteiger partial charge on any atom is 0.318 e. The van der Waals surface area contributed by atoms with Gasteiger partial charge in [-0.1, -0.05) is 5.10 Å². The topological polar surface area (TPSA) is 58.3 Å². The van der Waals surface area contributed by atoms with Crippen molar-refractivity contribution in [3.05, 3.63) is 30.4 Å². The fourth-order valence-corrected chi connectivity index (χ4v) is 2.12. The van der Waals surface area contributed by atoms with Crippen LogP contribution in [-0.4, -0.2) is 41.4 Å². The van der Waals surface area contributed by atoms with Crippen LogP contribution in [0.15, 0.2) is 28.9 Å². The second-order valence-electron chi connectivity index (χ2n) is 4.28. The number of nitrogens with zero attached hydrogens (tertiary/aromatic N) is 5. The van der Waals surface area contributed by atoms with E-state index in [1.807, 2.05) is 31.5 Å². The minimum atomic E-state index is 0.613. The summed E-state index contributed by atoms with van der Waals surface area (Å²) < 4.78 is 5.44. The van der Waals surface area contributed by atoms with Gasteiger partial charge in [0.1, 0.15) is 0 Å². The van der Waals surface area contributed by atoms with E-state index in [1.165, 1.54) is 5.69 Å². The highest BCUT2D eigenvalue weighted by molar-refractivity contribution is 5.46. The van der Waals surface area contributed by atoms with Crippen molar-refractivity contribution in [3.63, 3.8) is 0 Å². The van der Waals surface area contributed by atoms with Crippen LogP contribution in [0.2, 0.25) is 0 Å². The van der Waals surface area contributed by atoms with Crippen molar-refractivity contribution >= 4 is 11.7 Å². The zero-order valence-corrected chi connectivity index (χ0v) is 10.3. The molecule has 94 valence electrons. The van der Waals surface area contributed by atoms with Gasteiger partial charge in [-0.15, -0.1) is 5.10 Å². The molecule has 2 aromatic rings. The molecule has 0 bridgehead atoms. The van der Waals surface area contributed by atoms with E-state index in [9.17, 15) is 0 Å². The van der Waals surface area contributed by atoms with Gasteiger partial charge in [-0.25, -0.2) is 0 Å². The van der Waals surface area contributed by atoms with Gasteiger partial charge in [-0.3, -0.25) is 4.98 Å². The molecule has 1 aliphatic heterocycles. The number of hydrogen-bond acceptors (Lipinski definition) is 6. The van der Waals surface area contributed by atoms with E-state index in [1.54, 1.807) is 0 Å². The SMILES string of the molecule is Cc1nnc(N2CCN(c3ccncc3)CC2)o1. The molecule has 0 saturated carbocycles. The minimum absolute atomic E-state index is 0.613. The standard InChI is InChI=1S/C12H15N5O/c1-10-14-15-12(18-10)17-8-6-16(7-9-17)11-2-4-13-5-3-11/h2-5H,6-9H2,1H3. The summed E-state index contributed by atoms with van der Waals surface area (Å²) in [4.78, 5) is 8.49. The van der Waals surface area contributed by atoms with Crippen LogP contribution >= 0.6 is 0 Å². The summed E-state index contributed by atoms with van der Waals surface area (Å²) in [5.41, 5.74) is 1.21. The van der Waals surface area contributed by atoms with Gasteiger partial charge >= 0.3 is 6.01 Å². The lowest BCUT2D eigenvalue weighted by Gasteiger charge is -2.34. The Morgan fingerprint density at radius 2 is 1.67 bits per heavy atom. The monoisotopic (exact) mass is 245 g/mol. The first kappa shape index (κ1) is 11.0. The molecule has 0 unspecified atom stereocenters. The van der Waals surface area contributed by atoms with Crippen molar-refractivity contribution in [1.29, 1.82) is 0 Å². The molecule has 1 saturated heterocycles. The maximum atomic E-state index is 5.44. The van der Waals surface area contributed by atoms with Crippen LogP contribution in [0.3, 0.4) is 0 Å². The lowest BCUT2D eigenvalue weighted by Crippen LogP contribution is -2.46. The van der Waals surface area contributed by atoms with Crippen LogP contribution in [0.5, 0.6) is 0 Å². The second-order valence-corrected chi connectivity index (χ2v) is 4.28. The van der Waals surface area contributed by atoms with Crippen LogP contribution in [0.4, 0.5) is 11.7 Å². The van der Waals surface area contributed by atoms with Crippen LogP contribution < -0.4 is 9.80 Å². The van der Waals surface area contributed by atoms with E-state index < -0.39 is 0 Å². The molecule has 0 spiro atoms. The number of aromatic nitrogens is 3. The number of hydrogen-bond donors (Lipinski definition) is 0. The summed E-state index contributed by atoms with van der Waals surface area (Å²) in [6.07, 6.45) is 3.64. The molecule has 0 N–H and O–H groups in total. The van der Waals surface area contributed by atoms with Gasteiger partial charge in [0.05, 0.1) is 0 Å². The van der Waals surface area contributed by atoms with E-state index >= 15 is 0 Å². The summed E-state index contributed by atoms with van der Waals surface area (Å²) in [5.74, 6) is 0.613. The highest BCUT2D eigenvalue weighted by atomic mass is 16.4. The van der Waals surface area contributed by atoms with E-state index in [0.717, 1.165) is 26.2 Å². The van der Waals surface area contributed by atoms with Crippen molar-refractivity contribution in [3.8, 4) is 0 Å². The third-order valence-corrected chi connectivity index (χ3v) is 3.09. The Kier molecular flexibility index (Phi) is 2.84. The molecule has 1 fully saturated rings. The highest BCUT2D eigenvalue weighted by Crippen LogP contribution is 2.18. The molecule has 2 aromatic heterocycles. The van der Waals surface area contributed by atoms with Crippen molar-refractivity contribution in [2.45, 2.75) is 6.92 Å². The molecule has 3 rings (SSSR count). The van der Waals surface area contributed by atoms with Gasteiger partial charge in [0.2, 0.25) is 5.89 Å². The first-order valence-electron chi connectivity index (χ1n) is 6.03. The minimum Gasteiger partial charge on any atom is -0.408 e. The molecule has 0 atom stereocenters. The van der Waals surface area contributed by atoms with Gasteiger partial charge in [-0.05, 0) is 12.1 Å². The largest absolute Gasteiger partial charge is 0.408 e. The molecule has 0 amide bonds. The van der Waals surface area contributed by atoms with Crippen molar-refractivity contribution in [1.82, 2.24) is 15.2 Å². The normalized spacial score (nSPS) is 16.1. The summed E-state index contributed by atoms with van der Waals surface area (Å²) in [6.45, 7) is 5.49. The van der Waals surface area contributed by atoms with Gasteiger partial charge in [0.25, 0.3) is 0 Å². The highest BCUT2D eigenvalue weighted by Gasteiger charge is 2.20. The Bertz CT molecular complexity index is 504. The Morgan fingerprint density at radius 3 is 2.28 bits per heavy atom. The van der Waals surface area contributed by atoms with Gasteiger partial charge in [0, 0.05) is 51.2 Å². The van der Waals surface area contributed by atoms with Gasteiger partial charge in [-0.2, -0.15) is 0 Å². The zero-order chi connectivity index (χ0) is 12.4. The molecule has 6 heteroatoms. The predicted molar refractivity (Wildman–Crippen MR) is 67.7 cm³/mol. The van der Waals surface area contributed by atoms with Gasteiger partial charge in [0.15, 0.2) is 0 Å². The second kappa shape index (κ2) is 4.64. The average molecular weight is 245 g/mol. The van der Waals surface area contributed by atoms with Crippen molar-refractivity contribution in [2.24, 2.45) is 0 Å². The number of aryl methyl sites for hydroxylation is 1. The van der Waals surface area contributed by atoms with Crippen LogP contribution in [0, 0.1) is 6.92 Å². The fraction of sp³-hybridized carbons (Fsp3) is 0.417. The first-order chi connectivity index (χ1) is 8.83. The Hall–Kier alpha value is -2.11. The molecular formula is C12H15N5O. The van der Waals surface area contributed by atoms with Gasteiger partial charge < -0.3 is 14.2 Å². The quantitative estimate of drug-likeness (QED) is 0.789. The van der Waals surface area contributed by atoms with Crippen molar-refractivity contribution in [2.75, 3.05) is 36.0 Å². The molecular weight excluding hydrogens is 230 g/mol. The van der Waals surface area contributed by atoms with Crippen LogP contribution in [0.1, 0.15) is 5.89 Å². The summed E-state index contributed by atoms with van der Waals surface area (Å²) in [6, 6.07) is 4.70. The number of anilines is 2. The third-order valence-electron chi connectivity index (χ3n) is 3.09. The first-order valence-corrected chi connectivity index (χ1v) is 6.03. The number of pyridine rings is 1. The predicted octanol–water partition coefficient (Wildman–Crippen LogP) is 1.10. The molecule has 3 heterocycles. The molecule has 6 nitrogen and oxygen atoms in total. The summed E-state index contributed by atoms with van der Waals surface area (Å²) in [7, 11) is 0. The molecule has 0 radical (unpaired) electrons. The lowest BCUT2D eigenvalue weighted by molar-refractivity contribution is 0.492. The molecule has 18 heavy (non-hydrogen) atoms. The van der Waals surface area contributed by atoms with Crippen LogP contribution in [-0.2, 0) is 0 Å². The number of rotatable bonds is 2. The van der Waals surface area contributed by atoms with E-state index in [4.69, 9.17) is 4.42 Å². The lowest BCUT2D eigenvalue weighted by atomic mass is 10.3. The fourth-order valence-electron chi connectivity index (χ4n) is 2.12. The number of piperazine rings is 1.